The van der Waals surface area contributed by atoms with Crippen LogP contribution in [0.2, 0.25) is 0 Å². The van der Waals surface area contributed by atoms with E-state index in [-0.39, 0.29) is 6.54 Å². The fourth-order valence-electron chi connectivity index (χ4n) is 0.816. The second kappa shape index (κ2) is 5.61. The van der Waals surface area contributed by atoms with Crippen molar-refractivity contribution >= 4 is 17.7 Å². The third-order valence-corrected chi connectivity index (χ3v) is 1.56. The summed E-state index contributed by atoms with van der Waals surface area (Å²) in [6.45, 7) is -0.380. The highest BCUT2D eigenvalue weighted by Crippen LogP contribution is 1.99. The lowest BCUT2D eigenvalue weighted by Crippen LogP contribution is -2.38. The van der Waals surface area contributed by atoms with Gasteiger partial charge in [-0.2, -0.15) is 0 Å². The molecule has 1 atom stereocenters. The van der Waals surface area contributed by atoms with Gasteiger partial charge in [-0.15, -0.1) is 0 Å². The van der Waals surface area contributed by atoms with Crippen LogP contribution in [0.25, 0.3) is 0 Å². The molecule has 0 radical (unpaired) electrons. The van der Waals surface area contributed by atoms with Crippen molar-refractivity contribution < 1.29 is 19.8 Å². The number of aliphatic hydroxyl groups excluding tert-OH is 1. The third-order valence-electron chi connectivity index (χ3n) is 1.56. The van der Waals surface area contributed by atoms with Crippen molar-refractivity contribution in [1.82, 2.24) is 15.3 Å². The van der Waals surface area contributed by atoms with Crippen LogP contribution < -0.4 is 10.6 Å². The van der Waals surface area contributed by atoms with Crippen LogP contribution in [0.5, 0.6) is 0 Å². The van der Waals surface area contributed by atoms with Gasteiger partial charge in [-0.3, -0.25) is 0 Å². The standard InChI is InChI=1S/C8H10N4O4/c13-6(7(14)15)3-11-8(16)12-5-1-9-4-10-2-5/h1-2,4,6,13H,3H2,(H,14,15)(H2,11,12,16)/t6-/m0/s1. The van der Waals surface area contributed by atoms with E-state index in [1.807, 2.05) is 0 Å². The Morgan fingerprint density at radius 1 is 1.38 bits per heavy atom. The number of aromatic nitrogens is 2. The van der Waals surface area contributed by atoms with Gasteiger partial charge in [-0.05, 0) is 0 Å². The summed E-state index contributed by atoms with van der Waals surface area (Å²) >= 11 is 0. The molecule has 0 fully saturated rings. The normalized spacial score (nSPS) is 11.6. The number of carbonyl (C=O) groups excluding carboxylic acids is 1. The molecule has 86 valence electrons. The van der Waals surface area contributed by atoms with Gasteiger partial charge in [0.15, 0.2) is 6.10 Å². The first-order valence-corrected chi connectivity index (χ1v) is 4.30. The molecule has 0 unspecified atom stereocenters. The summed E-state index contributed by atoms with van der Waals surface area (Å²) in [5.41, 5.74) is 0.366. The van der Waals surface area contributed by atoms with Crippen LogP contribution in [0.3, 0.4) is 0 Å². The van der Waals surface area contributed by atoms with E-state index in [0.29, 0.717) is 5.69 Å². The molecule has 0 saturated heterocycles. The Morgan fingerprint density at radius 3 is 2.56 bits per heavy atom. The SMILES string of the molecule is O=C(NC[C@H](O)C(=O)O)Nc1cncnc1. The number of carboxylic acid groups (broad SMARTS) is 1. The minimum absolute atomic E-state index is 0.366. The van der Waals surface area contributed by atoms with Crippen LogP contribution in [0, 0.1) is 0 Å². The van der Waals surface area contributed by atoms with Gasteiger partial charge in [0.05, 0.1) is 24.6 Å². The number of nitrogens with zero attached hydrogens (tertiary/aromatic N) is 2. The zero-order valence-corrected chi connectivity index (χ0v) is 8.12. The first-order valence-electron chi connectivity index (χ1n) is 4.30. The number of rotatable bonds is 4. The molecule has 1 rings (SSSR count). The largest absolute Gasteiger partial charge is 0.479 e. The molecule has 1 heterocycles. The fraction of sp³-hybridized carbons (Fsp3) is 0.250. The molecule has 4 N–H and O–H groups in total. The van der Waals surface area contributed by atoms with E-state index in [2.05, 4.69) is 20.6 Å². The van der Waals surface area contributed by atoms with Gasteiger partial charge in [0.1, 0.15) is 6.33 Å². The van der Waals surface area contributed by atoms with E-state index in [0.717, 1.165) is 0 Å². The molecule has 0 spiro atoms. The first kappa shape index (κ1) is 11.9. The van der Waals surface area contributed by atoms with Crippen molar-refractivity contribution in [2.45, 2.75) is 6.10 Å². The highest BCUT2D eigenvalue weighted by atomic mass is 16.4. The number of hydrogen-bond donors (Lipinski definition) is 4. The number of amides is 2. The van der Waals surface area contributed by atoms with E-state index in [1.165, 1.54) is 18.7 Å². The van der Waals surface area contributed by atoms with Crippen LogP contribution in [0.15, 0.2) is 18.7 Å². The molecule has 0 bridgehead atoms. The molecule has 0 aliphatic carbocycles. The van der Waals surface area contributed by atoms with Crippen LogP contribution in [-0.2, 0) is 4.79 Å². The Labute approximate surface area is 90.3 Å². The number of anilines is 1. The molecule has 0 aromatic carbocycles. The second-order valence-electron chi connectivity index (χ2n) is 2.82. The smallest absolute Gasteiger partial charge is 0.334 e. The number of aliphatic carboxylic acids is 1. The highest BCUT2D eigenvalue weighted by Gasteiger charge is 2.13. The van der Waals surface area contributed by atoms with Crippen molar-refractivity contribution in [3.8, 4) is 0 Å². The summed E-state index contributed by atoms with van der Waals surface area (Å²) < 4.78 is 0. The first-order chi connectivity index (χ1) is 7.59. The van der Waals surface area contributed by atoms with Crippen molar-refractivity contribution in [1.29, 1.82) is 0 Å². The molecule has 8 heteroatoms. The Hall–Kier alpha value is -2.22. The summed E-state index contributed by atoms with van der Waals surface area (Å²) in [5.74, 6) is -1.40. The van der Waals surface area contributed by atoms with Gasteiger partial charge in [0.25, 0.3) is 0 Å². The Bertz CT molecular complexity index is 370. The molecule has 2 amide bonds. The maximum Gasteiger partial charge on any atom is 0.334 e. The lowest BCUT2D eigenvalue weighted by molar-refractivity contribution is -0.146. The van der Waals surface area contributed by atoms with E-state index in [1.54, 1.807) is 0 Å². The van der Waals surface area contributed by atoms with Crippen molar-refractivity contribution in [3.63, 3.8) is 0 Å². The van der Waals surface area contributed by atoms with Crippen LogP contribution in [-0.4, -0.2) is 44.8 Å². The number of nitrogens with one attached hydrogen (secondary N) is 2. The molecule has 1 aromatic heterocycles. The zero-order chi connectivity index (χ0) is 12.0. The predicted octanol–water partition coefficient (Wildman–Crippen LogP) is -0.956. The average molecular weight is 226 g/mol. The maximum absolute atomic E-state index is 11.2. The molecule has 0 aliphatic heterocycles. The van der Waals surface area contributed by atoms with Gasteiger partial charge in [-0.1, -0.05) is 0 Å². The Balaban J connectivity index is 2.35. The highest BCUT2D eigenvalue weighted by molar-refractivity contribution is 5.89. The van der Waals surface area contributed by atoms with Gasteiger partial charge < -0.3 is 20.8 Å². The predicted molar refractivity (Wildman–Crippen MR) is 52.7 cm³/mol. The van der Waals surface area contributed by atoms with Gasteiger partial charge in [0.2, 0.25) is 0 Å². The van der Waals surface area contributed by atoms with E-state index in [4.69, 9.17) is 10.2 Å². The Morgan fingerprint density at radius 2 is 2.00 bits per heavy atom. The summed E-state index contributed by atoms with van der Waals surface area (Å²) in [7, 11) is 0. The molecular formula is C8H10N4O4. The molecule has 16 heavy (non-hydrogen) atoms. The topological polar surface area (TPSA) is 124 Å². The summed E-state index contributed by atoms with van der Waals surface area (Å²) in [4.78, 5) is 28.7. The van der Waals surface area contributed by atoms with Gasteiger partial charge >= 0.3 is 12.0 Å². The average Bonchev–Trinajstić information content (AvgIpc) is 2.27. The number of carbonyl (C=O) groups is 2. The third kappa shape index (κ3) is 3.88. The van der Waals surface area contributed by atoms with E-state index in [9.17, 15) is 9.59 Å². The number of carboxylic acids is 1. The van der Waals surface area contributed by atoms with Crippen LogP contribution in [0.1, 0.15) is 0 Å². The summed E-state index contributed by atoms with van der Waals surface area (Å²) in [6.07, 6.45) is 2.43. The number of hydrogen-bond acceptors (Lipinski definition) is 5. The monoisotopic (exact) mass is 226 g/mol. The minimum atomic E-state index is -1.63. The fourth-order valence-corrected chi connectivity index (χ4v) is 0.816. The maximum atomic E-state index is 11.2. The molecule has 8 nitrogen and oxygen atoms in total. The van der Waals surface area contributed by atoms with E-state index >= 15 is 0 Å². The lowest BCUT2D eigenvalue weighted by Gasteiger charge is -2.08. The Kier molecular flexibility index (Phi) is 4.16. The van der Waals surface area contributed by atoms with Gasteiger partial charge in [-0.25, -0.2) is 19.6 Å². The van der Waals surface area contributed by atoms with Crippen LogP contribution in [0.4, 0.5) is 10.5 Å². The molecular weight excluding hydrogens is 216 g/mol. The number of aliphatic hydroxyl groups is 1. The molecule has 0 aliphatic rings. The summed E-state index contributed by atoms with van der Waals surface area (Å²) in [5, 5.41) is 21.8. The van der Waals surface area contributed by atoms with Crippen molar-refractivity contribution in [3.05, 3.63) is 18.7 Å². The van der Waals surface area contributed by atoms with Crippen LogP contribution >= 0.6 is 0 Å². The second-order valence-corrected chi connectivity index (χ2v) is 2.82. The summed E-state index contributed by atoms with van der Waals surface area (Å²) in [6, 6.07) is -0.643. The van der Waals surface area contributed by atoms with Crippen molar-refractivity contribution in [2.75, 3.05) is 11.9 Å². The minimum Gasteiger partial charge on any atom is -0.479 e. The molecule has 0 saturated carbocycles. The van der Waals surface area contributed by atoms with Crippen molar-refractivity contribution in [2.24, 2.45) is 0 Å². The quantitative estimate of drug-likeness (QED) is 0.524. The zero-order valence-electron chi connectivity index (χ0n) is 8.12. The lowest BCUT2D eigenvalue weighted by atomic mass is 10.4. The van der Waals surface area contributed by atoms with Gasteiger partial charge in [0, 0.05) is 0 Å². The van der Waals surface area contributed by atoms with E-state index < -0.39 is 18.1 Å². The number of urea groups is 1. The molecule has 1 aromatic rings.